The van der Waals surface area contributed by atoms with Crippen LogP contribution in [0, 0.1) is 11.6 Å². The number of hydrogen-bond acceptors (Lipinski definition) is 2. The normalized spacial score (nSPS) is 17.2. The summed E-state index contributed by atoms with van der Waals surface area (Å²) in [6.07, 6.45) is -0.389. The minimum atomic E-state index is -1.13. The van der Waals surface area contributed by atoms with Crippen LogP contribution in [0.2, 0.25) is 0 Å². The monoisotopic (exact) mass is 290 g/mol. The van der Waals surface area contributed by atoms with Gasteiger partial charge in [0.2, 0.25) is 0 Å². The van der Waals surface area contributed by atoms with E-state index in [2.05, 4.69) is 0 Å². The van der Waals surface area contributed by atoms with Gasteiger partial charge in [0, 0.05) is 18.1 Å². The summed E-state index contributed by atoms with van der Waals surface area (Å²) in [6, 6.07) is 8.52. The van der Waals surface area contributed by atoms with Gasteiger partial charge in [0.1, 0.15) is 29.1 Å². The minimum absolute atomic E-state index is 0.175. The molecule has 110 valence electrons. The lowest BCUT2D eigenvalue weighted by Crippen LogP contribution is -2.25. The quantitative estimate of drug-likeness (QED) is 0.912. The summed E-state index contributed by atoms with van der Waals surface area (Å²) in [4.78, 5) is 0. The Morgan fingerprint density at radius 2 is 1.81 bits per heavy atom. The van der Waals surface area contributed by atoms with Gasteiger partial charge in [-0.1, -0.05) is 18.2 Å². The number of rotatable bonds is 2. The van der Waals surface area contributed by atoms with Crippen molar-refractivity contribution in [2.45, 2.75) is 32.0 Å². The molecule has 1 atom stereocenters. The van der Waals surface area contributed by atoms with E-state index in [1.807, 2.05) is 26.0 Å². The first kappa shape index (κ1) is 14.0. The number of halogens is 2. The van der Waals surface area contributed by atoms with Crippen LogP contribution in [-0.4, -0.2) is 10.7 Å². The highest BCUT2D eigenvalue weighted by Gasteiger charge is 2.33. The minimum Gasteiger partial charge on any atom is -0.487 e. The van der Waals surface area contributed by atoms with Crippen molar-refractivity contribution in [3.8, 4) is 5.75 Å². The van der Waals surface area contributed by atoms with Crippen molar-refractivity contribution in [3.63, 3.8) is 0 Å². The van der Waals surface area contributed by atoms with Crippen molar-refractivity contribution in [1.29, 1.82) is 0 Å². The Balaban J connectivity index is 2.04. The van der Waals surface area contributed by atoms with E-state index in [1.165, 1.54) is 0 Å². The molecule has 1 heterocycles. The maximum Gasteiger partial charge on any atom is 0.129 e. The highest BCUT2D eigenvalue weighted by molar-refractivity contribution is 5.49. The van der Waals surface area contributed by atoms with Gasteiger partial charge in [-0.2, -0.15) is 0 Å². The molecule has 2 aromatic rings. The summed E-state index contributed by atoms with van der Waals surface area (Å²) >= 11 is 0. The first-order valence-corrected chi connectivity index (χ1v) is 6.80. The van der Waals surface area contributed by atoms with E-state index >= 15 is 0 Å². The average Bonchev–Trinajstić information content (AvgIpc) is 2.70. The van der Waals surface area contributed by atoms with E-state index in [9.17, 15) is 13.9 Å². The van der Waals surface area contributed by atoms with Crippen molar-refractivity contribution in [2.75, 3.05) is 0 Å². The third-order valence-corrected chi connectivity index (χ3v) is 3.62. The Morgan fingerprint density at radius 1 is 1.14 bits per heavy atom. The topological polar surface area (TPSA) is 29.5 Å². The fourth-order valence-electron chi connectivity index (χ4n) is 2.77. The molecule has 21 heavy (non-hydrogen) atoms. The molecule has 0 radical (unpaired) electrons. The third kappa shape index (κ3) is 2.63. The number of ether oxygens (including phenoxy) is 1. The summed E-state index contributed by atoms with van der Waals surface area (Å²) in [6.45, 7) is 3.93. The summed E-state index contributed by atoms with van der Waals surface area (Å²) in [7, 11) is 0. The number of aliphatic hydroxyl groups is 1. The van der Waals surface area contributed by atoms with Gasteiger partial charge >= 0.3 is 0 Å². The van der Waals surface area contributed by atoms with E-state index in [1.54, 1.807) is 6.07 Å². The first-order valence-electron chi connectivity index (χ1n) is 6.80. The van der Waals surface area contributed by atoms with Crippen LogP contribution in [0.4, 0.5) is 8.78 Å². The lowest BCUT2D eigenvalue weighted by molar-refractivity contribution is 0.131. The van der Waals surface area contributed by atoms with Crippen LogP contribution < -0.4 is 4.74 Å². The van der Waals surface area contributed by atoms with E-state index < -0.39 is 17.7 Å². The van der Waals surface area contributed by atoms with Crippen molar-refractivity contribution < 1.29 is 18.6 Å². The number of benzene rings is 2. The number of hydrogen-bond donors (Lipinski definition) is 1. The molecule has 1 N–H and O–H groups in total. The standard InChI is InChI=1S/C17H16F2O2/c1-17(2)9-10-4-3-5-14(16(10)21-17)15(20)11-6-12(18)8-13(19)7-11/h3-8,15,20H,9H2,1-2H3. The summed E-state index contributed by atoms with van der Waals surface area (Å²) < 4.78 is 32.5. The van der Waals surface area contributed by atoms with Gasteiger partial charge in [0.25, 0.3) is 0 Å². The van der Waals surface area contributed by atoms with Crippen LogP contribution >= 0.6 is 0 Å². The van der Waals surface area contributed by atoms with E-state index in [0.717, 1.165) is 30.2 Å². The van der Waals surface area contributed by atoms with Gasteiger partial charge in [0.05, 0.1) is 0 Å². The van der Waals surface area contributed by atoms with Crippen LogP contribution in [0.1, 0.15) is 36.6 Å². The van der Waals surface area contributed by atoms with Crippen molar-refractivity contribution in [2.24, 2.45) is 0 Å². The third-order valence-electron chi connectivity index (χ3n) is 3.62. The van der Waals surface area contributed by atoms with Gasteiger partial charge in [-0.3, -0.25) is 0 Å². The van der Waals surface area contributed by atoms with Crippen LogP contribution in [-0.2, 0) is 6.42 Å². The maximum absolute atomic E-state index is 13.3. The molecule has 1 unspecified atom stereocenters. The fourth-order valence-corrected chi connectivity index (χ4v) is 2.77. The predicted molar refractivity (Wildman–Crippen MR) is 75.3 cm³/mol. The van der Waals surface area contributed by atoms with Crippen molar-refractivity contribution in [1.82, 2.24) is 0 Å². The summed E-state index contributed by atoms with van der Waals surface area (Å²) in [5, 5.41) is 10.5. The molecule has 1 aliphatic heterocycles. The molecule has 0 aromatic heterocycles. The number of aliphatic hydroxyl groups excluding tert-OH is 1. The zero-order chi connectivity index (χ0) is 15.2. The van der Waals surface area contributed by atoms with Crippen molar-refractivity contribution in [3.05, 3.63) is 64.7 Å². The van der Waals surface area contributed by atoms with Gasteiger partial charge in [0.15, 0.2) is 0 Å². The largest absolute Gasteiger partial charge is 0.487 e. The van der Waals surface area contributed by atoms with Crippen LogP contribution in [0.25, 0.3) is 0 Å². The molecule has 0 aliphatic carbocycles. The zero-order valence-corrected chi connectivity index (χ0v) is 11.9. The van der Waals surface area contributed by atoms with Crippen molar-refractivity contribution >= 4 is 0 Å². The predicted octanol–water partition coefficient (Wildman–Crippen LogP) is 3.76. The molecule has 0 saturated heterocycles. The first-order chi connectivity index (χ1) is 9.85. The average molecular weight is 290 g/mol. The molecule has 2 aromatic carbocycles. The second kappa shape index (κ2) is 4.81. The molecule has 0 bridgehead atoms. The lowest BCUT2D eigenvalue weighted by Gasteiger charge is -2.20. The fraction of sp³-hybridized carbons (Fsp3) is 0.294. The van der Waals surface area contributed by atoms with E-state index in [-0.39, 0.29) is 11.2 Å². The summed E-state index contributed by atoms with van der Waals surface area (Å²) in [5.74, 6) is -0.810. The Morgan fingerprint density at radius 3 is 2.48 bits per heavy atom. The Bertz CT molecular complexity index is 675. The summed E-state index contributed by atoms with van der Waals surface area (Å²) in [5.41, 5.74) is 1.36. The highest BCUT2D eigenvalue weighted by atomic mass is 19.1. The molecule has 0 amide bonds. The maximum atomic E-state index is 13.3. The second-order valence-electron chi connectivity index (χ2n) is 5.98. The molecule has 3 rings (SSSR count). The Labute approximate surface area is 122 Å². The van der Waals surface area contributed by atoms with Gasteiger partial charge in [-0.15, -0.1) is 0 Å². The van der Waals surface area contributed by atoms with Crippen LogP contribution in [0.3, 0.4) is 0 Å². The molecule has 0 spiro atoms. The molecule has 1 aliphatic rings. The van der Waals surface area contributed by atoms with E-state index in [0.29, 0.717) is 11.3 Å². The molecular weight excluding hydrogens is 274 g/mol. The lowest BCUT2D eigenvalue weighted by atomic mass is 9.96. The molecule has 0 fully saturated rings. The van der Waals surface area contributed by atoms with Gasteiger partial charge < -0.3 is 9.84 Å². The second-order valence-corrected chi connectivity index (χ2v) is 5.98. The van der Waals surface area contributed by atoms with Crippen LogP contribution in [0.5, 0.6) is 5.75 Å². The Hall–Kier alpha value is -1.94. The molecular formula is C17H16F2O2. The Kier molecular flexibility index (Phi) is 3.21. The molecule has 4 heteroatoms. The number of fused-ring (bicyclic) bond motifs is 1. The number of para-hydroxylation sites is 1. The van der Waals surface area contributed by atoms with E-state index in [4.69, 9.17) is 4.74 Å². The van der Waals surface area contributed by atoms with Crippen LogP contribution in [0.15, 0.2) is 36.4 Å². The SMILES string of the molecule is CC1(C)Cc2cccc(C(O)c3cc(F)cc(F)c3)c2O1. The highest BCUT2D eigenvalue weighted by Crippen LogP contribution is 2.41. The molecule has 2 nitrogen and oxygen atoms in total. The molecule has 0 saturated carbocycles. The smallest absolute Gasteiger partial charge is 0.129 e. The van der Waals surface area contributed by atoms with Gasteiger partial charge in [-0.25, -0.2) is 8.78 Å². The zero-order valence-electron chi connectivity index (χ0n) is 11.9. The van der Waals surface area contributed by atoms with Gasteiger partial charge in [-0.05, 0) is 37.1 Å².